The average molecular weight is 458 g/mol. The monoisotopic (exact) mass is 458 g/mol. The molecule has 1 aliphatic rings. The smallest absolute Gasteiger partial charge is 0.410 e. The van der Waals surface area contributed by atoms with Gasteiger partial charge in [0.2, 0.25) is 5.91 Å². The summed E-state index contributed by atoms with van der Waals surface area (Å²) in [5, 5.41) is 2.62. The number of carbonyl (C=O) groups excluding carboxylic acids is 2. The fourth-order valence-electron chi connectivity index (χ4n) is 3.51. The molecule has 9 heteroatoms. The summed E-state index contributed by atoms with van der Waals surface area (Å²) in [7, 11) is -4.27. The largest absolute Gasteiger partial charge is 0.445 e. The van der Waals surface area contributed by atoms with Crippen LogP contribution in [0.15, 0.2) is 73.3 Å². The van der Waals surface area contributed by atoms with Gasteiger partial charge in [0.25, 0.3) is 0 Å². The van der Waals surface area contributed by atoms with Gasteiger partial charge in [-0.1, -0.05) is 66.7 Å². The van der Waals surface area contributed by atoms with Crippen LogP contribution in [0.1, 0.15) is 29.8 Å². The number of carbonyl (C=O) groups is 2. The first-order valence-electron chi connectivity index (χ1n) is 10.3. The second-order valence-electron chi connectivity index (χ2n) is 7.36. The molecule has 2 N–H and O–H groups in total. The maximum Gasteiger partial charge on any atom is 0.410 e. The minimum absolute atomic E-state index is 0.0956. The molecule has 0 aliphatic carbocycles. The first kappa shape index (κ1) is 23.7. The van der Waals surface area contributed by atoms with Gasteiger partial charge in [-0.25, -0.2) is 4.79 Å². The molecular formula is C23H27N2O6P. The lowest BCUT2D eigenvalue weighted by Gasteiger charge is -2.28. The molecule has 2 amide bonds. The topological polar surface area (TPSA) is 105 Å². The van der Waals surface area contributed by atoms with E-state index in [4.69, 9.17) is 9.26 Å². The number of nitrogens with zero attached hydrogens (tertiary/aromatic N) is 1. The maximum absolute atomic E-state index is 13.1. The van der Waals surface area contributed by atoms with Crippen molar-refractivity contribution in [1.29, 1.82) is 0 Å². The zero-order chi connectivity index (χ0) is 23.0. The number of ether oxygens (including phenoxy) is 1. The molecule has 1 heterocycles. The molecule has 1 aliphatic heterocycles. The summed E-state index contributed by atoms with van der Waals surface area (Å²) in [5.74, 6) is -1.82. The minimum Gasteiger partial charge on any atom is -0.445 e. The van der Waals surface area contributed by atoms with Crippen molar-refractivity contribution < 1.29 is 28.3 Å². The lowest BCUT2D eigenvalue weighted by Crippen LogP contribution is -2.47. The van der Waals surface area contributed by atoms with E-state index in [-0.39, 0.29) is 13.2 Å². The molecule has 2 aromatic rings. The Hall–Kier alpha value is -2.93. The summed E-state index contributed by atoms with van der Waals surface area (Å²) in [6.07, 6.45) is 1.81. The highest BCUT2D eigenvalue weighted by atomic mass is 31.2. The van der Waals surface area contributed by atoms with Gasteiger partial charge in [-0.15, -0.1) is 6.58 Å². The number of amides is 2. The molecule has 2 aromatic carbocycles. The van der Waals surface area contributed by atoms with Crippen LogP contribution in [0.4, 0.5) is 4.79 Å². The maximum atomic E-state index is 13.1. The zero-order valence-electron chi connectivity index (χ0n) is 17.6. The van der Waals surface area contributed by atoms with E-state index < -0.39 is 31.4 Å². The number of hydrogen-bond donors (Lipinski definition) is 2. The molecule has 1 fully saturated rings. The first-order valence-corrected chi connectivity index (χ1v) is 12.0. The van der Waals surface area contributed by atoms with Gasteiger partial charge in [0.1, 0.15) is 12.6 Å². The summed E-state index contributed by atoms with van der Waals surface area (Å²) in [6, 6.07) is 16.9. The number of benzene rings is 2. The molecule has 3 atom stereocenters. The van der Waals surface area contributed by atoms with E-state index in [2.05, 4.69) is 11.9 Å². The Morgan fingerprint density at radius 1 is 1.19 bits per heavy atom. The van der Waals surface area contributed by atoms with Gasteiger partial charge in [0.05, 0.1) is 6.61 Å². The van der Waals surface area contributed by atoms with Crippen molar-refractivity contribution in [2.45, 2.75) is 31.3 Å². The average Bonchev–Trinajstić information content (AvgIpc) is 3.31. The minimum atomic E-state index is -4.27. The standard InChI is InChI=1S/C23H27N2O6P/c1-2-16-31-32(28,29)22(19-12-7-4-8-13-19)24-21(26)20-14-9-15-25(20)23(27)30-17-18-10-5-3-6-11-18/h2-8,10-13,20,22H,1,9,14-17H2,(H,24,26)(H,28,29)/t20-,22?/m0/s1. The third-order valence-electron chi connectivity index (χ3n) is 5.09. The molecule has 170 valence electrons. The predicted molar refractivity (Wildman–Crippen MR) is 120 cm³/mol. The Labute approximate surface area is 187 Å². The SMILES string of the molecule is C=CCOP(=O)(O)C(NC(=O)[C@@H]1CCCN1C(=O)OCc1ccccc1)c1ccccc1. The van der Waals surface area contributed by atoms with E-state index >= 15 is 0 Å². The van der Waals surface area contributed by atoms with Crippen molar-refractivity contribution in [2.75, 3.05) is 13.2 Å². The molecule has 3 rings (SSSR count). The molecule has 32 heavy (non-hydrogen) atoms. The van der Waals surface area contributed by atoms with Gasteiger partial charge >= 0.3 is 13.7 Å². The van der Waals surface area contributed by atoms with Crippen LogP contribution in [0.5, 0.6) is 0 Å². The molecule has 1 saturated heterocycles. The highest BCUT2D eigenvalue weighted by Gasteiger charge is 2.40. The molecule has 0 saturated carbocycles. The molecule has 0 spiro atoms. The Balaban J connectivity index is 1.71. The molecule has 8 nitrogen and oxygen atoms in total. The van der Waals surface area contributed by atoms with Gasteiger partial charge in [0, 0.05) is 6.54 Å². The quantitative estimate of drug-likeness (QED) is 0.435. The van der Waals surface area contributed by atoms with Crippen molar-refractivity contribution in [2.24, 2.45) is 0 Å². The van der Waals surface area contributed by atoms with Gasteiger partial charge in [-0.2, -0.15) is 0 Å². The van der Waals surface area contributed by atoms with E-state index in [1.807, 2.05) is 30.3 Å². The Kier molecular flexibility index (Phi) is 8.22. The normalized spacial score (nSPS) is 18.4. The van der Waals surface area contributed by atoms with Crippen molar-refractivity contribution in [3.8, 4) is 0 Å². The fraction of sp³-hybridized carbons (Fsp3) is 0.304. The van der Waals surface area contributed by atoms with Crippen LogP contribution in [0.25, 0.3) is 0 Å². The van der Waals surface area contributed by atoms with E-state index in [0.29, 0.717) is 24.9 Å². The fourth-order valence-corrected chi connectivity index (χ4v) is 4.82. The molecule has 0 aromatic heterocycles. The van der Waals surface area contributed by atoms with E-state index in [9.17, 15) is 19.0 Å². The summed E-state index contributed by atoms with van der Waals surface area (Å²) in [4.78, 5) is 37.5. The second-order valence-corrected chi connectivity index (χ2v) is 9.26. The van der Waals surface area contributed by atoms with Crippen molar-refractivity contribution in [3.63, 3.8) is 0 Å². The van der Waals surface area contributed by atoms with Crippen LogP contribution in [0.2, 0.25) is 0 Å². The lowest BCUT2D eigenvalue weighted by molar-refractivity contribution is -0.125. The molecular weight excluding hydrogens is 431 g/mol. The van der Waals surface area contributed by atoms with Crippen LogP contribution < -0.4 is 5.32 Å². The van der Waals surface area contributed by atoms with Crippen LogP contribution in [-0.4, -0.2) is 41.0 Å². The lowest BCUT2D eigenvalue weighted by atomic mass is 10.2. The third-order valence-corrected chi connectivity index (χ3v) is 6.69. The summed E-state index contributed by atoms with van der Waals surface area (Å²) in [5.41, 5.74) is 1.26. The highest BCUT2D eigenvalue weighted by Crippen LogP contribution is 2.55. The zero-order valence-corrected chi connectivity index (χ0v) is 18.5. The number of rotatable bonds is 9. The van der Waals surface area contributed by atoms with E-state index in [1.165, 1.54) is 11.0 Å². The Morgan fingerprint density at radius 2 is 1.84 bits per heavy atom. The summed E-state index contributed by atoms with van der Waals surface area (Å²) < 4.78 is 23.3. The van der Waals surface area contributed by atoms with E-state index in [1.54, 1.807) is 30.3 Å². The molecule has 0 bridgehead atoms. The van der Waals surface area contributed by atoms with Gasteiger partial charge in [-0.3, -0.25) is 14.3 Å². The second kappa shape index (κ2) is 11.1. The van der Waals surface area contributed by atoms with Crippen molar-refractivity contribution in [1.82, 2.24) is 10.2 Å². The third kappa shape index (κ3) is 6.07. The van der Waals surface area contributed by atoms with Gasteiger partial charge in [0.15, 0.2) is 5.78 Å². The number of hydrogen-bond acceptors (Lipinski definition) is 5. The Morgan fingerprint density at radius 3 is 2.50 bits per heavy atom. The number of likely N-dealkylation sites (tertiary alicyclic amines) is 1. The Bertz CT molecular complexity index is 969. The first-order chi connectivity index (χ1) is 15.4. The predicted octanol–water partition coefficient (Wildman–Crippen LogP) is 3.99. The molecule has 0 radical (unpaired) electrons. The van der Waals surface area contributed by atoms with E-state index in [0.717, 1.165) is 5.56 Å². The summed E-state index contributed by atoms with van der Waals surface area (Å²) >= 11 is 0. The van der Waals surface area contributed by atoms with Crippen LogP contribution in [0.3, 0.4) is 0 Å². The highest BCUT2D eigenvalue weighted by molar-refractivity contribution is 7.53. The summed E-state index contributed by atoms with van der Waals surface area (Å²) in [6.45, 7) is 3.80. The van der Waals surface area contributed by atoms with Crippen LogP contribution in [-0.2, 0) is 25.2 Å². The van der Waals surface area contributed by atoms with Crippen LogP contribution in [0, 0.1) is 0 Å². The van der Waals surface area contributed by atoms with Crippen LogP contribution >= 0.6 is 7.60 Å². The van der Waals surface area contributed by atoms with Gasteiger partial charge in [-0.05, 0) is 24.0 Å². The van der Waals surface area contributed by atoms with Gasteiger partial charge < -0.3 is 19.5 Å². The van der Waals surface area contributed by atoms with Crippen molar-refractivity contribution >= 4 is 19.6 Å². The molecule has 2 unspecified atom stereocenters. The number of nitrogens with one attached hydrogen (secondary N) is 1. The van der Waals surface area contributed by atoms with Crippen molar-refractivity contribution in [3.05, 3.63) is 84.4 Å².